The number of carbonyl (C=O) groups is 1. The fourth-order valence-corrected chi connectivity index (χ4v) is 1.39. The van der Waals surface area contributed by atoms with E-state index in [1.165, 1.54) is 6.07 Å². The highest BCUT2D eigenvalue weighted by Crippen LogP contribution is 2.19. The summed E-state index contributed by atoms with van der Waals surface area (Å²) in [5.74, 6) is -1.62. The number of rotatable bonds is 1. The van der Waals surface area contributed by atoms with Crippen molar-refractivity contribution in [3.8, 4) is 0 Å². The number of fused-ring (bicyclic) bond motifs is 1. The molecule has 0 aliphatic carbocycles. The van der Waals surface area contributed by atoms with Gasteiger partial charge in [-0.3, -0.25) is 0 Å². The molecule has 0 atom stereocenters. The molecular weight excluding hydrogens is 183 g/mol. The number of hydrogen-bond acceptors (Lipinski definition) is 1. The van der Waals surface area contributed by atoms with Crippen molar-refractivity contribution in [2.45, 2.75) is 0 Å². The summed E-state index contributed by atoms with van der Waals surface area (Å²) in [6.07, 6.45) is 0. The van der Waals surface area contributed by atoms with Crippen molar-refractivity contribution < 1.29 is 14.3 Å². The molecule has 0 aliphatic heterocycles. The van der Waals surface area contributed by atoms with Gasteiger partial charge in [0.2, 0.25) is 0 Å². The third-order valence-corrected chi connectivity index (χ3v) is 2.06. The summed E-state index contributed by atoms with van der Waals surface area (Å²) >= 11 is 0. The molecule has 0 amide bonds. The van der Waals surface area contributed by atoms with Crippen LogP contribution in [-0.2, 0) is 0 Å². The molecule has 0 aliphatic rings. The summed E-state index contributed by atoms with van der Waals surface area (Å²) in [4.78, 5) is 10.6. The second kappa shape index (κ2) is 3.10. The van der Waals surface area contributed by atoms with Gasteiger partial charge in [-0.15, -0.1) is 0 Å². The summed E-state index contributed by atoms with van der Waals surface area (Å²) in [5, 5.41) is 9.75. The molecule has 0 saturated heterocycles. The van der Waals surface area contributed by atoms with Crippen LogP contribution in [-0.4, -0.2) is 11.1 Å². The highest BCUT2D eigenvalue weighted by Gasteiger charge is 2.07. The largest absolute Gasteiger partial charge is 0.478 e. The van der Waals surface area contributed by atoms with Crippen molar-refractivity contribution in [1.29, 1.82) is 0 Å². The van der Waals surface area contributed by atoms with Crippen LogP contribution in [0.4, 0.5) is 4.39 Å². The third kappa shape index (κ3) is 1.33. The minimum atomic E-state index is -1.12. The smallest absolute Gasteiger partial charge is 0.335 e. The monoisotopic (exact) mass is 190 g/mol. The van der Waals surface area contributed by atoms with Gasteiger partial charge in [0.15, 0.2) is 0 Å². The van der Waals surface area contributed by atoms with E-state index in [1.807, 2.05) is 0 Å². The molecule has 0 saturated carbocycles. The van der Waals surface area contributed by atoms with Crippen LogP contribution < -0.4 is 0 Å². The Kier molecular flexibility index (Phi) is 1.93. The van der Waals surface area contributed by atoms with Gasteiger partial charge in [-0.25, -0.2) is 9.18 Å². The van der Waals surface area contributed by atoms with Crippen LogP contribution in [0.15, 0.2) is 36.4 Å². The van der Waals surface area contributed by atoms with Gasteiger partial charge in [0.25, 0.3) is 0 Å². The van der Waals surface area contributed by atoms with Gasteiger partial charge >= 0.3 is 5.97 Å². The van der Waals surface area contributed by atoms with Crippen molar-refractivity contribution in [2.75, 3.05) is 0 Å². The van der Waals surface area contributed by atoms with Crippen LogP contribution in [0.25, 0.3) is 10.8 Å². The van der Waals surface area contributed by atoms with Gasteiger partial charge in [0, 0.05) is 5.39 Å². The Bertz CT molecular complexity index is 506. The molecule has 2 aromatic carbocycles. The number of benzene rings is 2. The van der Waals surface area contributed by atoms with Crippen LogP contribution in [0.2, 0.25) is 0 Å². The van der Waals surface area contributed by atoms with E-state index in [0.29, 0.717) is 10.8 Å². The van der Waals surface area contributed by atoms with E-state index in [2.05, 4.69) is 0 Å². The average Bonchev–Trinajstić information content (AvgIpc) is 2.17. The molecule has 3 heteroatoms. The molecule has 0 unspecified atom stereocenters. The first kappa shape index (κ1) is 8.69. The van der Waals surface area contributed by atoms with Crippen molar-refractivity contribution >= 4 is 16.7 Å². The molecule has 0 heterocycles. The predicted molar refractivity (Wildman–Crippen MR) is 50.9 cm³/mol. The van der Waals surface area contributed by atoms with Crippen molar-refractivity contribution in [1.82, 2.24) is 0 Å². The molecule has 0 radical (unpaired) electrons. The molecule has 70 valence electrons. The van der Waals surface area contributed by atoms with E-state index in [1.54, 1.807) is 24.3 Å². The Hall–Kier alpha value is -1.90. The molecule has 2 aromatic rings. The first-order valence-electron chi connectivity index (χ1n) is 4.10. The highest BCUT2D eigenvalue weighted by molar-refractivity contribution is 5.94. The van der Waals surface area contributed by atoms with Gasteiger partial charge < -0.3 is 5.11 Å². The number of halogens is 1. The Morgan fingerprint density at radius 2 is 1.93 bits per heavy atom. The Balaban J connectivity index is 2.78. The number of aromatic carboxylic acids is 1. The second-order valence-electron chi connectivity index (χ2n) is 2.98. The van der Waals surface area contributed by atoms with E-state index in [0.717, 1.165) is 6.07 Å². The molecule has 0 bridgehead atoms. The lowest BCUT2D eigenvalue weighted by molar-refractivity contribution is 0.0696. The van der Waals surface area contributed by atoms with Gasteiger partial charge in [0.1, 0.15) is 5.82 Å². The minimum Gasteiger partial charge on any atom is -0.478 e. The lowest BCUT2D eigenvalue weighted by Gasteiger charge is -2.00. The zero-order chi connectivity index (χ0) is 10.1. The maximum atomic E-state index is 13.3. The molecule has 0 spiro atoms. The van der Waals surface area contributed by atoms with Crippen LogP contribution in [0, 0.1) is 5.82 Å². The summed E-state index contributed by atoms with van der Waals surface area (Å²) in [6, 6.07) is 9.26. The first-order chi connectivity index (χ1) is 6.68. The van der Waals surface area contributed by atoms with E-state index in [9.17, 15) is 9.18 Å². The average molecular weight is 190 g/mol. The fourth-order valence-electron chi connectivity index (χ4n) is 1.39. The van der Waals surface area contributed by atoms with E-state index >= 15 is 0 Å². The van der Waals surface area contributed by atoms with Crippen LogP contribution in [0.1, 0.15) is 10.4 Å². The molecule has 1 N–H and O–H groups in total. The Morgan fingerprint density at radius 3 is 2.64 bits per heavy atom. The minimum absolute atomic E-state index is 0.0267. The van der Waals surface area contributed by atoms with Crippen molar-refractivity contribution in [3.63, 3.8) is 0 Å². The summed E-state index contributed by atoms with van der Waals surface area (Å²) in [7, 11) is 0. The predicted octanol–water partition coefficient (Wildman–Crippen LogP) is 2.68. The SMILES string of the molecule is O=C(O)c1cc(F)c2ccccc2c1. The maximum absolute atomic E-state index is 13.3. The third-order valence-electron chi connectivity index (χ3n) is 2.06. The standard InChI is InChI=1S/C11H7FO2/c12-10-6-8(11(13)14)5-7-3-1-2-4-9(7)10/h1-6H,(H,13,14). The second-order valence-corrected chi connectivity index (χ2v) is 2.98. The number of hydrogen-bond donors (Lipinski definition) is 1. The molecule has 2 nitrogen and oxygen atoms in total. The molecule has 14 heavy (non-hydrogen) atoms. The number of carboxylic acids is 1. The van der Waals surface area contributed by atoms with Gasteiger partial charge in [-0.1, -0.05) is 24.3 Å². The maximum Gasteiger partial charge on any atom is 0.335 e. The quantitative estimate of drug-likeness (QED) is 0.750. The molecule has 2 rings (SSSR count). The summed E-state index contributed by atoms with van der Waals surface area (Å²) < 4.78 is 13.3. The normalized spacial score (nSPS) is 10.4. The van der Waals surface area contributed by atoms with Crippen LogP contribution in [0.5, 0.6) is 0 Å². The zero-order valence-electron chi connectivity index (χ0n) is 7.20. The number of carboxylic acid groups (broad SMARTS) is 1. The molecular formula is C11H7FO2. The lowest BCUT2D eigenvalue weighted by atomic mass is 10.1. The zero-order valence-corrected chi connectivity index (χ0v) is 7.20. The Morgan fingerprint density at radius 1 is 1.21 bits per heavy atom. The lowest BCUT2D eigenvalue weighted by Crippen LogP contribution is -1.97. The summed E-state index contributed by atoms with van der Waals surface area (Å²) in [6.45, 7) is 0. The van der Waals surface area contributed by atoms with Crippen molar-refractivity contribution in [3.05, 3.63) is 47.8 Å². The van der Waals surface area contributed by atoms with Gasteiger partial charge in [-0.2, -0.15) is 0 Å². The topological polar surface area (TPSA) is 37.3 Å². The van der Waals surface area contributed by atoms with Crippen LogP contribution >= 0.6 is 0 Å². The molecule has 0 fully saturated rings. The highest BCUT2D eigenvalue weighted by atomic mass is 19.1. The van der Waals surface area contributed by atoms with Gasteiger partial charge in [0.05, 0.1) is 5.56 Å². The van der Waals surface area contributed by atoms with E-state index in [-0.39, 0.29) is 5.56 Å². The Labute approximate surface area is 79.6 Å². The van der Waals surface area contributed by atoms with E-state index in [4.69, 9.17) is 5.11 Å². The van der Waals surface area contributed by atoms with Gasteiger partial charge in [-0.05, 0) is 17.5 Å². The molecule has 0 aromatic heterocycles. The fraction of sp³-hybridized carbons (Fsp3) is 0. The summed E-state index contributed by atoms with van der Waals surface area (Å²) in [5.41, 5.74) is -0.0267. The van der Waals surface area contributed by atoms with Crippen molar-refractivity contribution in [2.24, 2.45) is 0 Å². The van der Waals surface area contributed by atoms with Crippen LogP contribution in [0.3, 0.4) is 0 Å². The van der Waals surface area contributed by atoms with E-state index < -0.39 is 11.8 Å². The first-order valence-corrected chi connectivity index (χ1v) is 4.10.